The molecule has 1 aromatic carbocycles. The van der Waals surface area contributed by atoms with E-state index in [-0.39, 0.29) is 11.9 Å². The van der Waals surface area contributed by atoms with Crippen LogP contribution in [-0.2, 0) is 11.3 Å². The van der Waals surface area contributed by atoms with Crippen LogP contribution < -0.4 is 4.74 Å². The number of fused-ring (bicyclic) bond motifs is 1. The van der Waals surface area contributed by atoms with Crippen molar-refractivity contribution >= 4 is 16.8 Å². The maximum Gasteiger partial charge on any atom is 0.224 e. The lowest BCUT2D eigenvalue weighted by Gasteiger charge is -2.36. The fourth-order valence-corrected chi connectivity index (χ4v) is 4.01. The van der Waals surface area contributed by atoms with E-state index in [0.29, 0.717) is 13.0 Å². The van der Waals surface area contributed by atoms with Crippen molar-refractivity contribution in [2.24, 2.45) is 0 Å². The molecule has 0 spiro atoms. The van der Waals surface area contributed by atoms with Crippen molar-refractivity contribution in [2.75, 3.05) is 13.7 Å². The van der Waals surface area contributed by atoms with Crippen molar-refractivity contribution in [3.8, 4) is 5.75 Å². The normalized spacial score (nSPS) is 17.2. The van der Waals surface area contributed by atoms with Gasteiger partial charge in [-0.2, -0.15) is 0 Å². The first-order valence-corrected chi connectivity index (χ1v) is 9.58. The van der Waals surface area contributed by atoms with Crippen molar-refractivity contribution < 1.29 is 9.53 Å². The number of benzene rings is 1. The van der Waals surface area contributed by atoms with Crippen LogP contribution >= 0.6 is 0 Å². The molecule has 140 valence electrons. The lowest BCUT2D eigenvalue weighted by atomic mass is 9.96. The number of carbonyl (C=O) groups is 1. The molecule has 1 aliphatic rings. The van der Waals surface area contributed by atoms with E-state index in [1.807, 2.05) is 30.6 Å². The number of piperidine rings is 1. The summed E-state index contributed by atoms with van der Waals surface area (Å²) in [6, 6.07) is 12.3. The van der Waals surface area contributed by atoms with Crippen LogP contribution in [0.5, 0.6) is 5.75 Å². The summed E-state index contributed by atoms with van der Waals surface area (Å²) in [4.78, 5) is 19.3. The maximum atomic E-state index is 13.0. The first-order valence-electron chi connectivity index (χ1n) is 9.58. The Hall–Kier alpha value is -2.82. The second-order valence-corrected chi connectivity index (χ2v) is 7.07. The van der Waals surface area contributed by atoms with Crippen molar-refractivity contribution in [2.45, 2.75) is 38.3 Å². The molecule has 4 rings (SSSR count). The monoisotopic (exact) mass is 363 g/mol. The lowest BCUT2D eigenvalue weighted by molar-refractivity contribution is -0.135. The Kier molecular flexibility index (Phi) is 5.10. The maximum absolute atomic E-state index is 13.0. The molecule has 5 heteroatoms. The summed E-state index contributed by atoms with van der Waals surface area (Å²) in [5.41, 5.74) is 2.27. The van der Waals surface area contributed by atoms with Crippen LogP contribution in [0, 0.1) is 0 Å². The van der Waals surface area contributed by atoms with Crippen LogP contribution in [0.3, 0.4) is 0 Å². The minimum Gasteiger partial charge on any atom is -0.497 e. The summed E-state index contributed by atoms with van der Waals surface area (Å²) < 4.78 is 7.44. The zero-order valence-electron chi connectivity index (χ0n) is 15.7. The van der Waals surface area contributed by atoms with Crippen LogP contribution in [0.1, 0.15) is 37.3 Å². The Morgan fingerprint density at radius 2 is 2.19 bits per heavy atom. The topological polar surface area (TPSA) is 47.4 Å². The van der Waals surface area contributed by atoms with Gasteiger partial charge in [-0.1, -0.05) is 6.07 Å². The molecule has 1 fully saturated rings. The van der Waals surface area contributed by atoms with Crippen molar-refractivity contribution in [1.29, 1.82) is 0 Å². The zero-order chi connectivity index (χ0) is 18.6. The first kappa shape index (κ1) is 17.6. The van der Waals surface area contributed by atoms with Gasteiger partial charge in [-0.3, -0.25) is 9.78 Å². The fourth-order valence-electron chi connectivity index (χ4n) is 4.01. The van der Waals surface area contributed by atoms with E-state index in [4.69, 9.17) is 4.74 Å². The molecule has 5 nitrogen and oxygen atoms in total. The smallest absolute Gasteiger partial charge is 0.224 e. The Bertz CT molecular complexity index is 920. The molecule has 0 radical (unpaired) electrons. The van der Waals surface area contributed by atoms with Gasteiger partial charge < -0.3 is 14.2 Å². The highest BCUT2D eigenvalue weighted by Crippen LogP contribution is 2.31. The lowest BCUT2D eigenvalue weighted by Crippen LogP contribution is -2.38. The Morgan fingerprint density at radius 3 is 3.00 bits per heavy atom. The van der Waals surface area contributed by atoms with Gasteiger partial charge in [0.25, 0.3) is 0 Å². The molecule has 0 saturated carbocycles. The first-order chi connectivity index (χ1) is 13.3. The summed E-state index contributed by atoms with van der Waals surface area (Å²) >= 11 is 0. The number of amides is 1. The summed E-state index contributed by atoms with van der Waals surface area (Å²) in [6.45, 7) is 1.52. The number of methoxy groups -OCH3 is 1. The molecule has 27 heavy (non-hydrogen) atoms. The molecule has 0 aliphatic carbocycles. The zero-order valence-corrected chi connectivity index (χ0v) is 15.7. The predicted octanol–water partition coefficient (Wildman–Crippen LogP) is 4.19. The Labute approximate surface area is 159 Å². The number of hydrogen-bond donors (Lipinski definition) is 0. The highest BCUT2D eigenvalue weighted by molar-refractivity contribution is 5.82. The molecule has 3 heterocycles. The van der Waals surface area contributed by atoms with Crippen LogP contribution in [0.2, 0.25) is 0 Å². The van der Waals surface area contributed by atoms with Gasteiger partial charge in [-0.05, 0) is 55.2 Å². The number of carbonyl (C=O) groups excluding carboxylic acids is 1. The molecular weight excluding hydrogens is 338 g/mol. The average Bonchev–Trinajstić information content (AvgIpc) is 3.14. The summed E-state index contributed by atoms with van der Waals surface area (Å²) in [6.07, 6.45) is 9.48. The van der Waals surface area contributed by atoms with Gasteiger partial charge in [0.1, 0.15) is 5.75 Å². The molecule has 0 unspecified atom stereocenters. The molecule has 2 aromatic heterocycles. The summed E-state index contributed by atoms with van der Waals surface area (Å²) in [5.74, 6) is 1.07. The quantitative estimate of drug-likeness (QED) is 0.683. The third kappa shape index (κ3) is 3.68. The van der Waals surface area contributed by atoms with Gasteiger partial charge in [0, 0.05) is 49.0 Å². The van der Waals surface area contributed by atoms with E-state index >= 15 is 0 Å². The second kappa shape index (κ2) is 7.82. The van der Waals surface area contributed by atoms with E-state index in [1.165, 1.54) is 0 Å². The fraction of sp³-hybridized carbons (Fsp3) is 0.364. The largest absolute Gasteiger partial charge is 0.497 e. The summed E-state index contributed by atoms with van der Waals surface area (Å²) in [7, 11) is 1.67. The van der Waals surface area contributed by atoms with Crippen LogP contribution in [-0.4, -0.2) is 34.0 Å². The summed E-state index contributed by atoms with van der Waals surface area (Å²) in [5, 5.41) is 1.13. The number of likely N-dealkylation sites (tertiary alicyclic amines) is 1. The molecule has 0 bridgehead atoms. The van der Waals surface area contributed by atoms with Crippen molar-refractivity contribution in [1.82, 2.24) is 14.5 Å². The number of rotatable bonds is 5. The number of nitrogens with zero attached hydrogens (tertiary/aromatic N) is 3. The number of ether oxygens (including phenoxy) is 1. The molecule has 1 aliphatic heterocycles. The standard InChI is InChI=1S/C22H25N3O2/c1-27-19-7-8-20-17(15-19)9-13-24(20)14-10-22(26)25-12-3-2-6-21(25)18-5-4-11-23-16-18/h4-5,7-9,11,13,15-16,21H,2-3,6,10,12,14H2,1H3/t21-/m1/s1. The minimum atomic E-state index is 0.158. The van der Waals surface area contributed by atoms with Crippen LogP contribution in [0.4, 0.5) is 0 Å². The van der Waals surface area contributed by atoms with E-state index in [9.17, 15) is 4.79 Å². The van der Waals surface area contributed by atoms with Crippen molar-refractivity contribution in [3.05, 3.63) is 60.6 Å². The van der Waals surface area contributed by atoms with Gasteiger partial charge in [0.15, 0.2) is 0 Å². The molecule has 1 amide bonds. The average molecular weight is 363 g/mol. The van der Waals surface area contributed by atoms with Gasteiger partial charge in [0.2, 0.25) is 5.91 Å². The number of aryl methyl sites for hydroxylation is 1. The molecule has 3 aromatic rings. The second-order valence-electron chi connectivity index (χ2n) is 7.07. The minimum absolute atomic E-state index is 0.158. The highest BCUT2D eigenvalue weighted by atomic mass is 16.5. The van der Waals surface area contributed by atoms with E-state index in [0.717, 1.165) is 48.0 Å². The Morgan fingerprint density at radius 1 is 1.26 bits per heavy atom. The van der Waals surface area contributed by atoms with E-state index in [2.05, 4.69) is 32.7 Å². The number of pyridine rings is 1. The van der Waals surface area contributed by atoms with Crippen LogP contribution in [0.15, 0.2) is 55.0 Å². The number of hydrogen-bond acceptors (Lipinski definition) is 3. The predicted molar refractivity (Wildman–Crippen MR) is 106 cm³/mol. The number of aromatic nitrogens is 2. The molecule has 0 N–H and O–H groups in total. The highest BCUT2D eigenvalue weighted by Gasteiger charge is 2.27. The van der Waals surface area contributed by atoms with Gasteiger partial charge in [-0.25, -0.2) is 0 Å². The molecule has 1 saturated heterocycles. The SMILES string of the molecule is COc1ccc2c(ccn2CCC(=O)N2CCCC[C@@H]2c2cccnc2)c1. The van der Waals surface area contributed by atoms with Gasteiger partial charge in [0.05, 0.1) is 13.2 Å². The van der Waals surface area contributed by atoms with E-state index < -0.39 is 0 Å². The van der Waals surface area contributed by atoms with Gasteiger partial charge >= 0.3 is 0 Å². The van der Waals surface area contributed by atoms with Crippen molar-refractivity contribution in [3.63, 3.8) is 0 Å². The van der Waals surface area contributed by atoms with E-state index in [1.54, 1.807) is 13.3 Å². The van der Waals surface area contributed by atoms with Gasteiger partial charge in [-0.15, -0.1) is 0 Å². The molecular formula is C22H25N3O2. The van der Waals surface area contributed by atoms with Crippen LogP contribution in [0.25, 0.3) is 10.9 Å². The third-order valence-electron chi connectivity index (χ3n) is 5.44. The third-order valence-corrected chi connectivity index (χ3v) is 5.44. The molecule has 1 atom stereocenters. The Balaban J connectivity index is 1.47.